The molecule has 0 bridgehead atoms. The minimum Gasteiger partial charge on any atom is -0.493 e. The second kappa shape index (κ2) is 7.63. The number of carbonyl (C=O) groups excluding carboxylic acids is 1. The maximum atomic E-state index is 13.1. The van der Waals surface area contributed by atoms with E-state index in [1.807, 2.05) is 6.92 Å². The van der Waals surface area contributed by atoms with E-state index in [2.05, 4.69) is 5.32 Å². The van der Waals surface area contributed by atoms with Crippen LogP contribution < -0.4 is 14.8 Å². The minimum atomic E-state index is -0.293. The number of benzene rings is 2. The molecule has 0 spiro atoms. The van der Waals surface area contributed by atoms with Gasteiger partial charge in [0.1, 0.15) is 5.82 Å². The number of ether oxygens (including phenoxy) is 2. The highest BCUT2D eigenvalue weighted by molar-refractivity contribution is 5.92. The lowest BCUT2D eigenvalue weighted by molar-refractivity contribution is -0.116. The summed E-state index contributed by atoms with van der Waals surface area (Å²) in [6, 6.07) is 9.81. The van der Waals surface area contributed by atoms with E-state index in [0.717, 1.165) is 11.1 Å². The van der Waals surface area contributed by atoms with Crippen molar-refractivity contribution in [2.75, 3.05) is 19.5 Å². The van der Waals surface area contributed by atoms with Crippen molar-refractivity contribution in [1.82, 2.24) is 0 Å². The predicted octanol–water partition coefficient (Wildman–Crippen LogP) is 3.72. The van der Waals surface area contributed by atoms with E-state index in [1.165, 1.54) is 12.1 Å². The van der Waals surface area contributed by atoms with Crippen molar-refractivity contribution in [3.63, 3.8) is 0 Å². The number of halogens is 1. The molecule has 0 aliphatic carbocycles. The molecule has 0 unspecified atom stereocenters. The van der Waals surface area contributed by atoms with Crippen LogP contribution in [0.1, 0.15) is 17.5 Å². The molecule has 0 aliphatic rings. The molecule has 4 nitrogen and oxygen atoms in total. The first-order valence-corrected chi connectivity index (χ1v) is 7.30. The minimum absolute atomic E-state index is 0.135. The zero-order valence-electron chi connectivity index (χ0n) is 13.5. The van der Waals surface area contributed by atoms with Gasteiger partial charge in [-0.1, -0.05) is 12.1 Å². The monoisotopic (exact) mass is 317 g/mol. The molecule has 23 heavy (non-hydrogen) atoms. The van der Waals surface area contributed by atoms with Crippen molar-refractivity contribution < 1.29 is 18.7 Å². The summed E-state index contributed by atoms with van der Waals surface area (Å²) in [4.78, 5) is 12.1. The average molecular weight is 317 g/mol. The molecule has 2 aromatic carbocycles. The van der Waals surface area contributed by atoms with Crippen LogP contribution in [0, 0.1) is 12.7 Å². The molecule has 122 valence electrons. The van der Waals surface area contributed by atoms with Crippen molar-refractivity contribution >= 4 is 11.6 Å². The molecular formula is C18H20FNO3. The highest BCUT2D eigenvalue weighted by Gasteiger charge is 2.11. The summed E-state index contributed by atoms with van der Waals surface area (Å²) in [5.41, 5.74) is 2.35. The zero-order valence-corrected chi connectivity index (χ0v) is 13.5. The third-order valence-corrected chi connectivity index (χ3v) is 3.53. The van der Waals surface area contributed by atoms with Crippen LogP contribution in [-0.2, 0) is 11.2 Å². The molecule has 0 aromatic heterocycles. The highest BCUT2D eigenvalue weighted by Crippen LogP contribution is 2.32. The van der Waals surface area contributed by atoms with Crippen LogP contribution in [0.3, 0.4) is 0 Å². The fourth-order valence-electron chi connectivity index (χ4n) is 2.28. The quantitative estimate of drug-likeness (QED) is 0.883. The summed E-state index contributed by atoms with van der Waals surface area (Å²) in [7, 11) is 3.11. The molecule has 0 aliphatic heterocycles. The SMILES string of the molecule is COc1cc(C)c(NC(=O)CCc2cccc(F)c2)cc1OC. The van der Waals surface area contributed by atoms with Gasteiger partial charge in [-0.05, 0) is 42.7 Å². The van der Waals surface area contributed by atoms with Gasteiger partial charge in [0, 0.05) is 18.2 Å². The number of hydrogen-bond acceptors (Lipinski definition) is 3. The van der Waals surface area contributed by atoms with E-state index in [4.69, 9.17) is 9.47 Å². The van der Waals surface area contributed by atoms with Gasteiger partial charge >= 0.3 is 0 Å². The van der Waals surface area contributed by atoms with Crippen LogP contribution in [0.15, 0.2) is 36.4 Å². The number of aryl methyl sites for hydroxylation is 2. The number of rotatable bonds is 6. The molecule has 5 heteroatoms. The molecule has 0 saturated heterocycles. The maximum Gasteiger partial charge on any atom is 0.224 e. The van der Waals surface area contributed by atoms with E-state index in [0.29, 0.717) is 23.6 Å². The normalized spacial score (nSPS) is 10.3. The summed E-state index contributed by atoms with van der Waals surface area (Å²) in [6.07, 6.45) is 0.757. The molecule has 2 rings (SSSR count). The van der Waals surface area contributed by atoms with Crippen LogP contribution in [0.25, 0.3) is 0 Å². The lowest BCUT2D eigenvalue weighted by Gasteiger charge is -2.13. The van der Waals surface area contributed by atoms with Crippen molar-refractivity contribution in [2.24, 2.45) is 0 Å². The summed E-state index contributed by atoms with van der Waals surface area (Å²) in [6.45, 7) is 1.88. The van der Waals surface area contributed by atoms with Crippen LogP contribution >= 0.6 is 0 Å². The van der Waals surface area contributed by atoms with Crippen LogP contribution in [0.2, 0.25) is 0 Å². The van der Waals surface area contributed by atoms with Crippen LogP contribution in [-0.4, -0.2) is 20.1 Å². The Kier molecular flexibility index (Phi) is 5.57. The van der Waals surface area contributed by atoms with E-state index in [-0.39, 0.29) is 18.1 Å². The third kappa shape index (κ3) is 4.45. The highest BCUT2D eigenvalue weighted by atomic mass is 19.1. The van der Waals surface area contributed by atoms with Gasteiger partial charge in [-0.3, -0.25) is 4.79 Å². The molecule has 1 N–H and O–H groups in total. The Balaban J connectivity index is 2.02. The van der Waals surface area contributed by atoms with Gasteiger partial charge < -0.3 is 14.8 Å². The molecule has 0 fully saturated rings. The maximum absolute atomic E-state index is 13.1. The Hall–Kier alpha value is -2.56. The van der Waals surface area contributed by atoms with E-state index in [1.54, 1.807) is 38.5 Å². The fraction of sp³-hybridized carbons (Fsp3) is 0.278. The Labute approximate surface area is 135 Å². The lowest BCUT2D eigenvalue weighted by Crippen LogP contribution is -2.13. The summed E-state index contributed by atoms with van der Waals surface area (Å²) >= 11 is 0. The number of methoxy groups -OCH3 is 2. The van der Waals surface area contributed by atoms with Crippen LogP contribution in [0.5, 0.6) is 11.5 Å². The zero-order chi connectivity index (χ0) is 16.8. The Morgan fingerprint density at radius 2 is 1.83 bits per heavy atom. The largest absolute Gasteiger partial charge is 0.493 e. The first-order chi connectivity index (χ1) is 11.0. The molecule has 2 aromatic rings. The second-order valence-corrected chi connectivity index (χ2v) is 5.20. The number of amides is 1. The van der Waals surface area contributed by atoms with Gasteiger partial charge in [0.2, 0.25) is 5.91 Å². The molecule has 0 saturated carbocycles. The molecule has 1 amide bonds. The standard InChI is InChI=1S/C18H20FNO3/c1-12-9-16(22-2)17(23-3)11-15(12)20-18(21)8-7-13-5-4-6-14(19)10-13/h4-6,9-11H,7-8H2,1-3H3,(H,20,21). The fourth-order valence-corrected chi connectivity index (χ4v) is 2.28. The van der Waals surface area contributed by atoms with Gasteiger partial charge in [0.25, 0.3) is 0 Å². The Morgan fingerprint density at radius 3 is 2.48 bits per heavy atom. The summed E-state index contributed by atoms with van der Waals surface area (Å²) < 4.78 is 23.6. The Morgan fingerprint density at radius 1 is 1.13 bits per heavy atom. The first-order valence-electron chi connectivity index (χ1n) is 7.30. The Bertz CT molecular complexity index is 701. The van der Waals surface area contributed by atoms with E-state index in [9.17, 15) is 9.18 Å². The van der Waals surface area contributed by atoms with E-state index >= 15 is 0 Å². The van der Waals surface area contributed by atoms with Crippen molar-refractivity contribution in [1.29, 1.82) is 0 Å². The van der Waals surface area contributed by atoms with Gasteiger partial charge in [-0.2, -0.15) is 0 Å². The number of anilines is 1. The van der Waals surface area contributed by atoms with Crippen molar-refractivity contribution in [3.8, 4) is 11.5 Å². The topological polar surface area (TPSA) is 47.6 Å². The van der Waals surface area contributed by atoms with Crippen molar-refractivity contribution in [2.45, 2.75) is 19.8 Å². The van der Waals surface area contributed by atoms with Gasteiger partial charge in [0.15, 0.2) is 11.5 Å². The smallest absolute Gasteiger partial charge is 0.224 e. The van der Waals surface area contributed by atoms with Gasteiger partial charge in [-0.15, -0.1) is 0 Å². The number of carbonyl (C=O) groups is 1. The summed E-state index contributed by atoms with van der Waals surface area (Å²) in [5.74, 6) is 0.740. The lowest BCUT2D eigenvalue weighted by atomic mass is 10.1. The molecular weight excluding hydrogens is 297 g/mol. The molecule has 0 atom stereocenters. The molecule has 0 radical (unpaired) electrons. The summed E-state index contributed by atoms with van der Waals surface area (Å²) in [5, 5.41) is 2.85. The average Bonchev–Trinajstić information content (AvgIpc) is 2.54. The first kappa shape index (κ1) is 16.8. The predicted molar refractivity (Wildman–Crippen MR) is 87.6 cm³/mol. The van der Waals surface area contributed by atoms with E-state index < -0.39 is 0 Å². The number of hydrogen-bond donors (Lipinski definition) is 1. The van der Waals surface area contributed by atoms with Gasteiger partial charge in [0.05, 0.1) is 14.2 Å². The van der Waals surface area contributed by atoms with Crippen molar-refractivity contribution in [3.05, 3.63) is 53.3 Å². The van der Waals surface area contributed by atoms with Crippen LogP contribution in [0.4, 0.5) is 10.1 Å². The second-order valence-electron chi connectivity index (χ2n) is 5.20. The third-order valence-electron chi connectivity index (χ3n) is 3.53. The van der Waals surface area contributed by atoms with Gasteiger partial charge in [-0.25, -0.2) is 4.39 Å². The number of nitrogens with one attached hydrogen (secondary N) is 1. The molecule has 0 heterocycles.